The third-order valence-electron chi connectivity index (χ3n) is 5.69. The number of sulfonamides is 1. The van der Waals surface area contributed by atoms with Gasteiger partial charge < -0.3 is 10.2 Å². The van der Waals surface area contributed by atoms with Gasteiger partial charge in [-0.3, -0.25) is 24.0 Å². The number of hydrogen-bond donors (Lipinski definition) is 1. The second-order valence-electron chi connectivity index (χ2n) is 9.21. The number of nitro groups is 1. The summed E-state index contributed by atoms with van der Waals surface area (Å²) in [6.45, 7) is 7.08. The SMILES string of the molecule is CC[C@H](C(=O)NCC(C)C)N(Cc1ccc(Cl)cc1)C(=O)CN(c1cc([N+](=O)[O-])ccc1C)S(C)(=O)=O. The monoisotopic (exact) mass is 552 g/mol. The smallest absolute Gasteiger partial charge is 0.271 e. The first-order valence-corrected chi connectivity index (χ1v) is 14.0. The number of hydrogen-bond acceptors (Lipinski definition) is 6. The standard InChI is InChI=1S/C25H33ClN4O6S/c1-6-22(25(32)27-14-17(2)3)28(15-19-8-10-20(26)11-9-19)24(31)16-29(37(5,35)36)23-13-21(30(33)34)12-7-18(23)4/h7-13,17,22H,6,14-16H2,1-5H3,(H,27,32)/t22-/m1/s1. The minimum absolute atomic E-state index is 0.0220. The summed E-state index contributed by atoms with van der Waals surface area (Å²) < 4.78 is 26.4. The zero-order valence-electron chi connectivity index (χ0n) is 21.6. The molecule has 0 aromatic heterocycles. The normalized spacial score (nSPS) is 12.2. The Bertz CT molecular complexity index is 1230. The Hall–Kier alpha value is -3.18. The van der Waals surface area contributed by atoms with Crippen molar-refractivity contribution in [3.63, 3.8) is 0 Å². The van der Waals surface area contributed by atoms with Crippen LogP contribution in [-0.2, 0) is 26.2 Å². The summed E-state index contributed by atoms with van der Waals surface area (Å²) in [6.07, 6.45) is 1.21. The molecule has 0 saturated carbocycles. The van der Waals surface area contributed by atoms with Crippen LogP contribution in [0.1, 0.15) is 38.3 Å². The lowest BCUT2D eigenvalue weighted by Gasteiger charge is -2.33. The van der Waals surface area contributed by atoms with E-state index < -0.39 is 33.4 Å². The minimum Gasteiger partial charge on any atom is -0.354 e. The maximum absolute atomic E-state index is 13.7. The predicted molar refractivity (Wildman–Crippen MR) is 144 cm³/mol. The van der Waals surface area contributed by atoms with Crippen molar-refractivity contribution in [2.45, 2.75) is 46.7 Å². The van der Waals surface area contributed by atoms with Crippen LogP contribution in [0.25, 0.3) is 0 Å². The number of carbonyl (C=O) groups is 2. The largest absolute Gasteiger partial charge is 0.354 e. The summed E-state index contributed by atoms with van der Waals surface area (Å²) in [7, 11) is -4.02. The second kappa shape index (κ2) is 12.9. The molecule has 0 saturated heterocycles. The third-order valence-corrected chi connectivity index (χ3v) is 7.07. The Balaban J connectivity index is 2.50. The number of nitrogens with zero attached hydrogens (tertiary/aromatic N) is 3. The quantitative estimate of drug-likeness (QED) is 0.314. The number of halogens is 1. The van der Waals surface area contributed by atoms with Crippen LogP contribution in [0, 0.1) is 23.0 Å². The van der Waals surface area contributed by atoms with Crippen molar-refractivity contribution < 1.29 is 22.9 Å². The van der Waals surface area contributed by atoms with Crippen LogP contribution in [0.5, 0.6) is 0 Å². The van der Waals surface area contributed by atoms with Crippen LogP contribution in [0.15, 0.2) is 42.5 Å². The van der Waals surface area contributed by atoms with E-state index in [-0.39, 0.29) is 36.2 Å². The fraction of sp³-hybridized carbons (Fsp3) is 0.440. The third kappa shape index (κ3) is 8.43. The van der Waals surface area contributed by atoms with E-state index in [1.165, 1.54) is 17.0 Å². The summed E-state index contributed by atoms with van der Waals surface area (Å²) in [4.78, 5) is 38.8. The molecule has 2 rings (SSSR count). The molecule has 12 heteroatoms. The number of rotatable bonds is 12. The number of carbonyl (C=O) groups excluding carboxylic acids is 2. The number of amides is 2. The fourth-order valence-electron chi connectivity index (χ4n) is 3.70. The number of non-ortho nitro benzene ring substituents is 1. The molecule has 202 valence electrons. The summed E-state index contributed by atoms with van der Waals surface area (Å²) in [5.41, 5.74) is 0.855. The van der Waals surface area contributed by atoms with Gasteiger partial charge in [0, 0.05) is 30.2 Å². The molecular formula is C25H33ClN4O6S. The van der Waals surface area contributed by atoms with E-state index in [0.717, 1.165) is 16.6 Å². The Labute approximate surface area is 222 Å². The van der Waals surface area contributed by atoms with Crippen LogP contribution in [0.4, 0.5) is 11.4 Å². The van der Waals surface area contributed by atoms with E-state index in [4.69, 9.17) is 11.6 Å². The Morgan fingerprint density at radius 1 is 1.14 bits per heavy atom. The fourth-order valence-corrected chi connectivity index (χ4v) is 4.73. The zero-order valence-corrected chi connectivity index (χ0v) is 23.2. The molecule has 0 aliphatic heterocycles. The first-order chi connectivity index (χ1) is 17.2. The van der Waals surface area contributed by atoms with Gasteiger partial charge in [-0.05, 0) is 42.5 Å². The topological polar surface area (TPSA) is 130 Å². The van der Waals surface area contributed by atoms with Crippen molar-refractivity contribution >= 4 is 44.8 Å². The average Bonchev–Trinajstić information content (AvgIpc) is 2.81. The van der Waals surface area contributed by atoms with Gasteiger partial charge in [-0.2, -0.15) is 0 Å². The molecule has 0 radical (unpaired) electrons. The van der Waals surface area contributed by atoms with Gasteiger partial charge in [0.15, 0.2) is 0 Å². The van der Waals surface area contributed by atoms with Gasteiger partial charge in [-0.15, -0.1) is 0 Å². The van der Waals surface area contributed by atoms with Crippen LogP contribution in [0.2, 0.25) is 5.02 Å². The molecule has 1 N–H and O–H groups in total. The van der Waals surface area contributed by atoms with Crippen molar-refractivity contribution in [3.8, 4) is 0 Å². The number of benzene rings is 2. The second-order valence-corrected chi connectivity index (χ2v) is 11.6. The maximum atomic E-state index is 13.7. The summed E-state index contributed by atoms with van der Waals surface area (Å²) in [5.74, 6) is -0.784. The van der Waals surface area contributed by atoms with Gasteiger partial charge in [0.05, 0.1) is 16.9 Å². The van der Waals surface area contributed by atoms with Crippen LogP contribution < -0.4 is 9.62 Å². The highest BCUT2D eigenvalue weighted by Crippen LogP contribution is 2.28. The highest BCUT2D eigenvalue weighted by atomic mass is 35.5. The van der Waals surface area contributed by atoms with Gasteiger partial charge in [-0.1, -0.05) is 50.6 Å². The van der Waals surface area contributed by atoms with Gasteiger partial charge in [0.2, 0.25) is 21.8 Å². The van der Waals surface area contributed by atoms with E-state index in [1.807, 2.05) is 13.8 Å². The Morgan fingerprint density at radius 2 is 1.76 bits per heavy atom. The van der Waals surface area contributed by atoms with Crippen molar-refractivity contribution in [2.24, 2.45) is 5.92 Å². The predicted octanol–water partition coefficient (Wildman–Crippen LogP) is 3.90. The lowest BCUT2D eigenvalue weighted by Crippen LogP contribution is -2.52. The number of aryl methyl sites for hydroxylation is 1. The Kier molecular flexibility index (Phi) is 10.4. The number of nitrogens with one attached hydrogen (secondary N) is 1. The first kappa shape index (κ1) is 30.0. The molecule has 0 unspecified atom stereocenters. The molecule has 2 aromatic rings. The Morgan fingerprint density at radius 3 is 2.27 bits per heavy atom. The first-order valence-electron chi connectivity index (χ1n) is 11.8. The molecule has 2 amide bonds. The van der Waals surface area contributed by atoms with E-state index in [2.05, 4.69) is 5.32 Å². The maximum Gasteiger partial charge on any atom is 0.271 e. The number of nitro benzene ring substituents is 1. The van der Waals surface area contributed by atoms with Crippen molar-refractivity contribution in [3.05, 3.63) is 68.7 Å². The lowest BCUT2D eigenvalue weighted by molar-refractivity contribution is -0.384. The molecule has 0 spiro atoms. The summed E-state index contributed by atoms with van der Waals surface area (Å²) >= 11 is 5.99. The molecule has 2 aromatic carbocycles. The zero-order chi connectivity index (χ0) is 27.9. The van der Waals surface area contributed by atoms with Gasteiger partial charge in [0.1, 0.15) is 12.6 Å². The molecule has 0 aliphatic rings. The van der Waals surface area contributed by atoms with Gasteiger partial charge in [-0.25, -0.2) is 8.42 Å². The van der Waals surface area contributed by atoms with E-state index in [9.17, 15) is 28.1 Å². The summed E-state index contributed by atoms with van der Waals surface area (Å²) in [5, 5.41) is 14.7. The molecule has 0 heterocycles. The highest BCUT2D eigenvalue weighted by Gasteiger charge is 2.32. The van der Waals surface area contributed by atoms with Crippen molar-refractivity contribution in [2.75, 3.05) is 23.7 Å². The molecular weight excluding hydrogens is 520 g/mol. The minimum atomic E-state index is -4.02. The average molecular weight is 553 g/mol. The van der Waals surface area contributed by atoms with Gasteiger partial charge >= 0.3 is 0 Å². The van der Waals surface area contributed by atoms with Crippen molar-refractivity contribution in [1.82, 2.24) is 10.2 Å². The molecule has 0 bridgehead atoms. The summed E-state index contributed by atoms with van der Waals surface area (Å²) in [6, 6.07) is 9.72. The lowest BCUT2D eigenvalue weighted by atomic mass is 10.1. The van der Waals surface area contributed by atoms with Gasteiger partial charge in [0.25, 0.3) is 5.69 Å². The van der Waals surface area contributed by atoms with E-state index in [1.54, 1.807) is 38.1 Å². The molecule has 1 atom stereocenters. The van der Waals surface area contributed by atoms with Crippen molar-refractivity contribution in [1.29, 1.82) is 0 Å². The van der Waals surface area contributed by atoms with E-state index in [0.29, 0.717) is 22.7 Å². The van der Waals surface area contributed by atoms with E-state index >= 15 is 0 Å². The van der Waals surface area contributed by atoms with Crippen LogP contribution in [-0.4, -0.2) is 55.4 Å². The molecule has 0 aliphatic carbocycles. The highest BCUT2D eigenvalue weighted by molar-refractivity contribution is 7.92. The van der Waals surface area contributed by atoms with Crippen LogP contribution >= 0.6 is 11.6 Å². The molecule has 37 heavy (non-hydrogen) atoms. The number of anilines is 1. The molecule has 0 fully saturated rings. The van der Waals surface area contributed by atoms with Crippen LogP contribution in [0.3, 0.4) is 0 Å². The molecule has 10 nitrogen and oxygen atoms in total.